The van der Waals surface area contributed by atoms with Gasteiger partial charge in [0.05, 0.1) is 13.0 Å². The minimum absolute atomic E-state index is 0.00445. The predicted octanol–water partition coefficient (Wildman–Crippen LogP) is 2.48. The number of halogens is 1. The molecule has 0 aliphatic heterocycles. The van der Waals surface area contributed by atoms with Crippen molar-refractivity contribution in [2.75, 3.05) is 11.9 Å². The zero-order chi connectivity index (χ0) is 11.1. The van der Waals surface area contributed by atoms with Crippen molar-refractivity contribution in [3.63, 3.8) is 0 Å². The van der Waals surface area contributed by atoms with Gasteiger partial charge in [-0.15, -0.1) is 0 Å². The van der Waals surface area contributed by atoms with Crippen LogP contribution < -0.4 is 4.74 Å². The Morgan fingerprint density at radius 2 is 2.13 bits per heavy atom. The molecule has 0 aliphatic carbocycles. The third kappa shape index (κ3) is 4.34. The average Bonchev–Trinajstić information content (AvgIpc) is 2.20. The Morgan fingerprint density at radius 1 is 1.40 bits per heavy atom. The van der Waals surface area contributed by atoms with Gasteiger partial charge in [0.1, 0.15) is 5.75 Å². The highest BCUT2D eigenvalue weighted by atomic mass is 79.9. The van der Waals surface area contributed by atoms with E-state index in [1.807, 2.05) is 12.1 Å². The number of carbonyl (C=O) groups is 1. The van der Waals surface area contributed by atoms with Crippen molar-refractivity contribution in [2.45, 2.75) is 12.8 Å². The first-order valence-corrected chi connectivity index (χ1v) is 5.84. The van der Waals surface area contributed by atoms with Gasteiger partial charge in [0, 0.05) is 10.9 Å². The number of hydrogen-bond acceptors (Lipinski definition) is 2. The smallest absolute Gasteiger partial charge is 0.307 e. The van der Waals surface area contributed by atoms with E-state index in [9.17, 15) is 4.79 Å². The Balaban J connectivity index is 2.64. The van der Waals surface area contributed by atoms with Crippen LogP contribution in [0, 0.1) is 0 Å². The van der Waals surface area contributed by atoms with Gasteiger partial charge in [-0.05, 0) is 12.5 Å². The summed E-state index contributed by atoms with van der Waals surface area (Å²) in [5, 5.41) is 9.58. The van der Waals surface area contributed by atoms with Crippen LogP contribution in [0.2, 0.25) is 0 Å². The highest BCUT2D eigenvalue weighted by molar-refractivity contribution is 9.09. The molecule has 0 bridgehead atoms. The Kier molecular flexibility index (Phi) is 5.18. The molecule has 4 heteroatoms. The second-order valence-corrected chi connectivity index (χ2v) is 3.86. The fourth-order valence-corrected chi connectivity index (χ4v) is 1.42. The van der Waals surface area contributed by atoms with Crippen molar-refractivity contribution in [3.05, 3.63) is 29.8 Å². The molecule has 1 aromatic rings. The van der Waals surface area contributed by atoms with Gasteiger partial charge >= 0.3 is 5.97 Å². The van der Waals surface area contributed by atoms with E-state index in [1.165, 1.54) is 0 Å². The number of ether oxygens (including phenoxy) is 1. The highest BCUT2D eigenvalue weighted by Crippen LogP contribution is 2.18. The van der Waals surface area contributed by atoms with Crippen molar-refractivity contribution in [3.8, 4) is 5.75 Å². The Morgan fingerprint density at radius 3 is 2.80 bits per heavy atom. The fourth-order valence-electron chi connectivity index (χ4n) is 1.19. The van der Waals surface area contributed by atoms with Gasteiger partial charge in [0.25, 0.3) is 0 Å². The Bertz CT molecular complexity index is 325. The third-order valence-corrected chi connectivity index (χ3v) is 2.41. The van der Waals surface area contributed by atoms with E-state index in [2.05, 4.69) is 15.9 Å². The molecule has 0 fully saturated rings. The highest BCUT2D eigenvalue weighted by Gasteiger charge is 2.06. The topological polar surface area (TPSA) is 46.5 Å². The maximum Gasteiger partial charge on any atom is 0.307 e. The van der Waals surface area contributed by atoms with Crippen LogP contribution in [0.3, 0.4) is 0 Å². The molecule has 0 saturated heterocycles. The average molecular weight is 273 g/mol. The largest absolute Gasteiger partial charge is 0.493 e. The van der Waals surface area contributed by atoms with Crippen molar-refractivity contribution in [1.29, 1.82) is 0 Å². The molecular weight excluding hydrogens is 260 g/mol. The normalized spacial score (nSPS) is 9.93. The molecule has 0 aromatic heterocycles. The second-order valence-electron chi connectivity index (χ2n) is 3.07. The lowest BCUT2D eigenvalue weighted by Gasteiger charge is -2.09. The number of alkyl halides is 1. The summed E-state index contributed by atoms with van der Waals surface area (Å²) in [7, 11) is 0. The van der Waals surface area contributed by atoms with Crippen LogP contribution in [0.1, 0.15) is 12.0 Å². The van der Waals surface area contributed by atoms with Crippen molar-refractivity contribution >= 4 is 21.9 Å². The first-order valence-electron chi connectivity index (χ1n) is 4.72. The molecule has 0 spiro atoms. The van der Waals surface area contributed by atoms with E-state index in [0.29, 0.717) is 12.4 Å². The fraction of sp³-hybridized carbons (Fsp3) is 0.364. The standard InChI is InChI=1S/C11H13BrO3/c12-6-3-7-15-10-5-2-1-4-9(10)8-11(13)14/h1-2,4-5H,3,6-8H2,(H,13,14). The molecule has 0 amide bonds. The summed E-state index contributed by atoms with van der Waals surface area (Å²) in [5.74, 6) is -0.174. The lowest BCUT2D eigenvalue weighted by atomic mass is 10.1. The lowest BCUT2D eigenvalue weighted by Crippen LogP contribution is -2.05. The molecule has 1 rings (SSSR count). The molecular formula is C11H13BrO3. The van der Waals surface area contributed by atoms with Crippen LogP contribution >= 0.6 is 15.9 Å². The molecule has 0 saturated carbocycles. The van der Waals surface area contributed by atoms with Gasteiger partial charge in [0.2, 0.25) is 0 Å². The lowest BCUT2D eigenvalue weighted by molar-refractivity contribution is -0.136. The van der Waals surface area contributed by atoms with E-state index < -0.39 is 5.97 Å². The minimum atomic E-state index is -0.841. The Hall–Kier alpha value is -1.03. The third-order valence-electron chi connectivity index (χ3n) is 1.85. The summed E-state index contributed by atoms with van der Waals surface area (Å²) in [5.41, 5.74) is 0.722. The van der Waals surface area contributed by atoms with Gasteiger partial charge in [-0.1, -0.05) is 34.1 Å². The predicted molar refractivity (Wildman–Crippen MR) is 61.7 cm³/mol. The van der Waals surface area contributed by atoms with E-state index in [-0.39, 0.29) is 6.42 Å². The van der Waals surface area contributed by atoms with Crippen molar-refractivity contribution < 1.29 is 14.6 Å². The summed E-state index contributed by atoms with van der Waals surface area (Å²) < 4.78 is 5.49. The van der Waals surface area contributed by atoms with E-state index in [1.54, 1.807) is 12.1 Å². The van der Waals surface area contributed by atoms with Crippen molar-refractivity contribution in [2.24, 2.45) is 0 Å². The van der Waals surface area contributed by atoms with Gasteiger partial charge in [0.15, 0.2) is 0 Å². The quantitative estimate of drug-likeness (QED) is 0.639. The Labute approximate surface area is 97.2 Å². The molecule has 0 aliphatic rings. The molecule has 0 unspecified atom stereocenters. The summed E-state index contributed by atoms with van der Waals surface area (Å²) in [4.78, 5) is 10.6. The van der Waals surface area contributed by atoms with E-state index in [0.717, 1.165) is 17.3 Å². The van der Waals surface area contributed by atoms with E-state index >= 15 is 0 Å². The van der Waals surface area contributed by atoms with Crippen LogP contribution in [0.25, 0.3) is 0 Å². The summed E-state index contributed by atoms with van der Waals surface area (Å²) in [6, 6.07) is 7.23. The SMILES string of the molecule is O=C(O)Cc1ccccc1OCCCBr. The van der Waals surface area contributed by atoms with Crippen molar-refractivity contribution in [1.82, 2.24) is 0 Å². The van der Waals surface area contributed by atoms with Crippen LogP contribution in [0.4, 0.5) is 0 Å². The van der Waals surface area contributed by atoms with Crippen LogP contribution in [0.15, 0.2) is 24.3 Å². The zero-order valence-corrected chi connectivity index (χ0v) is 9.87. The number of aliphatic carboxylic acids is 1. The summed E-state index contributed by atoms with van der Waals surface area (Å²) in [6.45, 7) is 0.599. The molecule has 1 aromatic carbocycles. The van der Waals surface area contributed by atoms with Gasteiger partial charge < -0.3 is 9.84 Å². The van der Waals surface area contributed by atoms with Crippen LogP contribution in [-0.2, 0) is 11.2 Å². The summed E-state index contributed by atoms with van der Waals surface area (Å²) in [6.07, 6.45) is 0.909. The van der Waals surface area contributed by atoms with Gasteiger partial charge in [-0.25, -0.2) is 0 Å². The maximum absolute atomic E-state index is 10.6. The molecule has 1 N–H and O–H groups in total. The number of para-hydroxylation sites is 1. The number of rotatable bonds is 6. The monoisotopic (exact) mass is 272 g/mol. The molecule has 15 heavy (non-hydrogen) atoms. The first kappa shape index (κ1) is 12.0. The van der Waals surface area contributed by atoms with Crippen LogP contribution in [-0.4, -0.2) is 23.0 Å². The molecule has 0 heterocycles. The molecule has 82 valence electrons. The number of hydrogen-bond donors (Lipinski definition) is 1. The zero-order valence-electron chi connectivity index (χ0n) is 8.28. The maximum atomic E-state index is 10.6. The first-order chi connectivity index (χ1) is 7.24. The molecule has 3 nitrogen and oxygen atoms in total. The molecule has 0 radical (unpaired) electrons. The summed E-state index contributed by atoms with van der Waals surface area (Å²) >= 11 is 3.31. The van der Waals surface area contributed by atoms with Gasteiger partial charge in [-0.3, -0.25) is 4.79 Å². The second kappa shape index (κ2) is 6.45. The number of benzene rings is 1. The minimum Gasteiger partial charge on any atom is -0.493 e. The van der Waals surface area contributed by atoms with Crippen LogP contribution in [0.5, 0.6) is 5.75 Å². The van der Waals surface area contributed by atoms with Gasteiger partial charge in [-0.2, -0.15) is 0 Å². The number of carboxylic acids is 1. The molecule has 0 atom stereocenters. The van der Waals surface area contributed by atoms with E-state index in [4.69, 9.17) is 9.84 Å². The number of carboxylic acid groups (broad SMARTS) is 1.